The summed E-state index contributed by atoms with van der Waals surface area (Å²) in [4.78, 5) is 0. The molecule has 90 valence electrons. The summed E-state index contributed by atoms with van der Waals surface area (Å²) in [5.41, 5.74) is 1.46. The summed E-state index contributed by atoms with van der Waals surface area (Å²) in [6.07, 6.45) is 4.64. The molecule has 3 aliphatic rings. The fraction of sp³-hybridized carbons (Fsp3) is 0.867. The van der Waals surface area contributed by atoms with Crippen molar-refractivity contribution in [1.82, 2.24) is 0 Å². The van der Waals surface area contributed by atoms with Gasteiger partial charge in [0, 0.05) is 0 Å². The molecule has 0 bridgehead atoms. The van der Waals surface area contributed by atoms with Gasteiger partial charge in [-0.05, 0) is 61.7 Å². The van der Waals surface area contributed by atoms with E-state index in [1.54, 1.807) is 0 Å². The highest BCUT2D eigenvalue weighted by atomic mass is 16.3. The van der Waals surface area contributed by atoms with Gasteiger partial charge in [-0.25, -0.2) is 0 Å². The molecular formula is C15H24O. The van der Waals surface area contributed by atoms with Crippen LogP contribution in [0.25, 0.3) is 0 Å². The first-order valence-corrected chi connectivity index (χ1v) is 6.76. The molecule has 3 rings (SSSR count). The highest BCUT2D eigenvalue weighted by Crippen LogP contribution is 2.71. The van der Waals surface area contributed by atoms with Crippen molar-refractivity contribution in [2.75, 3.05) is 0 Å². The van der Waals surface area contributed by atoms with Crippen LogP contribution in [0.3, 0.4) is 0 Å². The first kappa shape index (κ1) is 10.8. The third-order valence-electron chi connectivity index (χ3n) is 5.94. The van der Waals surface area contributed by atoms with E-state index in [9.17, 15) is 5.11 Å². The topological polar surface area (TPSA) is 20.2 Å². The van der Waals surface area contributed by atoms with Gasteiger partial charge in [0.1, 0.15) is 0 Å². The molecule has 0 saturated heterocycles. The number of rotatable bonds is 0. The van der Waals surface area contributed by atoms with Crippen LogP contribution in [0.15, 0.2) is 12.2 Å². The number of fused-ring (bicyclic) bond motifs is 3. The van der Waals surface area contributed by atoms with Gasteiger partial charge in [0.15, 0.2) is 0 Å². The number of allylic oxidation sites excluding steroid dienone is 1. The summed E-state index contributed by atoms with van der Waals surface area (Å²) in [5.74, 6) is 2.67. The molecule has 1 heteroatoms. The molecule has 0 amide bonds. The highest BCUT2D eigenvalue weighted by molar-refractivity contribution is 5.22. The van der Waals surface area contributed by atoms with Gasteiger partial charge in [0.05, 0.1) is 5.60 Å². The molecule has 1 N–H and O–H groups in total. The van der Waals surface area contributed by atoms with E-state index >= 15 is 0 Å². The summed E-state index contributed by atoms with van der Waals surface area (Å²) in [5, 5.41) is 10.6. The lowest BCUT2D eigenvalue weighted by Gasteiger charge is -2.31. The first-order valence-electron chi connectivity index (χ1n) is 6.76. The van der Waals surface area contributed by atoms with Crippen LogP contribution in [0.5, 0.6) is 0 Å². The third kappa shape index (κ3) is 1.21. The summed E-state index contributed by atoms with van der Waals surface area (Å²) in [6.45, 7) is 11.1. The molecule has 0 radical (unpaired) electrons. The van der Waals surface area contributed by atoms with Crippen molar-refractivity contribution in [3.05, 3.63) is 12.2 Å². The zero-order valence-corrected chi connectivity index (χ0v) is 10.8. The Morgan fingerprint density at radius 3 is 2.56 bits per heavy atom. The van der Waals surface area contributed by atoms with E-state index in [0.29, 0.717) is 17.3 Å². The van der Waals surface area contributed by atoms with Gasteiger partial charge in [-0.3, -0.25) is 0 Å². The predicted molar refractivity (Wildman–Crippen MR) is 66.0 cm³/mol. The molecule has 16 heavy (non-hydrogen) atoms. The lowest BCUT2D eigenvalue weighted by atomic mass is 9.78. The van der Waals surface area contributed by atoms with Crippen molar-refractivity contribution in [2.45, 2.75) is 52.1 Å². The van der Waals surface area contributed by atoms with Crippen LogP contribution in [0.1, 0.15) is 46.5 Å². The molecule has 0 aliphatic heterocycles. The van der Waals surface area contributed by atoms with Gasteiger partial charge in [-0.15, -0.1) is 0 Å². The second-order valence-electron chi connectivity index (χ2n) is 7.18. The fourth-order valence-corrected chi connectivity index (χ4v) is 4.90. The molecule has 0 aromatic heterocycles. The molecule has 0 aromatic rings. The molecule has 3 saturated carbocycles. The average Bonchev–Trinajstić information content (AvgIpc) is 2.61. The van der Waals surface area contributed by atoms with E-state index in [2.05, 4.69) is 27.4 Å². The highest BCUT2D eigenvalue weighted by Gasteiger charge is 2.67. The summed E-state index contributed by atoms with van der Waals surface area (Å²) in [7, 11) is 0. The minimum atomic E-state index is -0.436. The number of hydrogen-bond donors (Lipinski definition) is 1. The quantitative estimate of drug-likeness (QED) is 0.620. The Bertz CT molecular complexity index is 339. The molecule has 0 heterocycles. The maximum Gasteiger partial charge on any atom is 0.0656 e. The van der Waals surface area contributed by atoms with Crippen molar-refractivity contribution in [3.63, 3.8) is 0 Å². The molecule has 0 unspecified atom stereocenters. The smallest absolute Gasteiger partial charge is 0.0656 e. The van der Waals surface area contributed by atoms with E-state index in [0.717, 1.165) is 24.7 Å². The van der Waals surface area contributed by atoms with E-state index in [1.807, 2.05) is 0 Å². The normalized spacial score (nSPS) is 54.1. The molecular weight excluding hydrogens is 196 g/mol. The van der Waals surface area contributed by atoms with Gasteiger partial charge in [-0.1, -0.05) is 26.0 Å². The summed E-state index contributed by atoms with van der Waals surface area (Å²) >= 11 is 0. The third-order valence-corrected chi connectivity index (χ3v) is 5.94. The van der Waals surface area contributed by atoms with Crippen LogP contribution in [0.2, 0.25) is 0 Å². The minimum absolute atomic E-state index is 0.436. The van der Waals surface area contributed by atoms with Crippen LogP contribution in [0.4, 0.5) is 0 Å². The fourth-order valence-electron chi connectivity index (χ4n) is 4.90. The Morgan fingerprint density at radius 1 is 1.19 bits per heavy atom. The molecule has 3 fully saturated rings. The SMILES string of the molecule is C=C1CC[C@@H]2[C@@H]([C@H]3[C@@H]1CC[C@@]3(C)O)C2(C)C. The van der Waals surface area contributed by atoms with Crippen molar-refractivity contribution in [3.8, 4) is 0 Å². The second kappa shape index (κ2) is 2.93. The van der Waals surface area contributed by atoms with Crippen LogP contribution in [-0.2, 0) is 0 Å². The Kier molecular flexibility index (Phi) is 1.98. The van der Waals surface area contributed by atoms with Crippen LogP contribution >= 0.6 is 0 Å². The van der Waals surface area contributed by atoms with Gasteiger partial charge in [0.2, 0.25) is 0 Å². The number of hydrogen-bond acceptors (Lipinski definition) is 1. The Balaban J connectivity index is 1.98. The van der Waals surface area contributed by atoms with Crippen LogP contribution < -0.4 is 0 Å². The molecule has 1 nitrogen and oxygen atoms in total. The van der Waals surface area contributed by atoms with E-state index in [1.165, 1.54) is 18.4 Å². The van der Waals surface area contributed by atoms with Crippen molar-refractivity contribution in [2.24, 2.45) is 29.1 Å². The zero-order chi connectivity index (χ0) is 11.7. The van der Waals surface area contributed by atoms with Gasteiger partial charge in [0.25, 0.3) is 0 Å². The maximum atomic E-state index is 10.6. The molecule has 0 spiro atoms. The molecule has 5 atom stereocenters. The van der Waals surface area contributed by atoms with Crippen molar-refractivity contribution in [1.29, 1.82) is 0 Å². The van der Waals surface area contributed by atoms with Crippen molar-refractivity contribution < 1.29 is 5.11 Å². The zero-order valence-electron chi connectivity index (χ0n) is 10.8. The minimum Gasteiger partial charge on any atom is -0.390 e. The lowest BCUT2D eigenvalue weighted by Crippen LogP contribution is -2.34. The van der Waals surface area contributed by atoms with Gasteiger partial charge in [-0.2, -0.15) is 0 Å². The standard InChI is InChI=1S/C15H24O/c1-9-5-6-11-13(14(11,2)3)12-10(9)7-8-15(12,4)16/h10-13,16H,1,5-8H2,2-4H3/t10-,11-,12-,13+,15-/m1/s1. The maximum absolute atomic E-state index is 10.6. The Morgan fingerprint density at radius 2 is 1.88 bits per heavy atom. The Hall–Kier alpha value is -0.300. The van der Waals surface area contributed by atoms with Gasteiger partial charge < -0.3 is 5.11 Å². The summed E-state index contributed by atoms with van der Waals surface area (Å²) < 4.78 is 0. The number of aliphatic hydroxyl groups is 1. The monoisotopic (exact) mass is 220 g/mol. The Labute approximate surface area is 98.9 Å². The van der Waals surface area contributed by atoms with Crippen molar-refractivity contribution >= 4 is 0 Å². The summed E-state index contributed by atoms with van der Waals surface area (Å²) in [6, 6.07) is 0. The second-order valence-corrected chi connectivity index (χ2v) is 7.18. The van der Waals surface area contributed by atoms with Gasteiger partial charge >= 0.3 is 0 Å². The average molecular weight is 220 g/mol. The van der Waals surface area contributed by atoms with E-state index < -0.39 is 5.60 Å². The van der Waals surface area contributed by atoms with E-state index in [-0.39, 0.29) is 0 Å². The molecule has 0 aromatic carbocycles. The van der Waals surface area contributed by atoms with Crippen LogP contribution in [0, 0.1) is 29.1 Å². The largest absolute Gasteiger partial charge is 0.390 e. The van der Waals surface area contributed by atoms with E-state index in [4.69, 9.17) is 0 Å². The molecule has 3 aliphatic carbocycles. The van der Waals surface area contributed by atoms with Crippen LogP contribution in [-0.4, -0.2) is 10.7 Å². The lowest BCUT2D eigenvalue weighted by molar-refractivity contribution is -0.00137. The first-order chi connectivity index (χ1) is 7.36. The predicted octanol–water partition coefficient (Wildman–Crippen LogP) is 3.39.